The van der Waals surface area contributed by atoms with Crippen LogP contribution in [0.25, 0.3) is 0 Å². The molecule has 7 heteroatoms. The minimum atomic E-state index is -0.571. The first-order chi connectivity index (χ1) is 13.6. The summed E-state index contributed by atoms with van der Waals surface area (Å²) in [4.78, 5) is 29.8. The molecule has 6 nitrogen and oxygen atoms in total. The number of benzene rings is 2. The quantitative estimate of drug-likeness (QED) is 0.791. The number of fused-ring (bicyclic) bond motifs is 3. The zero-order valence-electron chi connectivity index (χ0n) is 15.5. The van der Waals surface area contributed by atoms with Gasteiger partial charge in [0, 0.05) is 30.7 Å². The van der Waals surface area contributed by atoms with Crippen molar-refractivity contribution in [2.45, 2.75) is 18.6 Å². The number of hydrogen-bond donors (Lipinski definition) is 0. The number of carbonyl (C=O) groups excluding carboxylic acids is 2. The third-order valence-electron chi connectivity index (χ3n) is 5.13. The second-order valence-corrected chi connectivity index (χ2v) is 7.34. The topological polar surface area (TPSA) is 59.1 Å². The van der Waals surface area contributed by atoms with Crippen molar-refractivity contribution < 1.29 is 19.1 Å². The summed E-state index contributed by atoms with van der Waals surface area (Å²) in [5, 5.41) is 0.561. The van der Waals surface area contributed by atoms with Gasteiger partial charge in [0.15, 0.2) is 0 Å². The summed E-state index contributed by atoms with van der Waals surface area (Å²) in [6.07, 6.45) is 0.242. The fourth-order valence-electron chi connectivity index (χ4n) is 3.77. The third kappa shape index (κ3) is 3.45. The van der Waals surface area contributed by atoms with E-state index in [1.165, 1.54) is 0 Å². The van der Waals surface area contributed by atoms with Gasteiger partial charge in [-0.1, -0.05) is 23.7 Å². The summed E-state index contributed by atoms with van der Waals surface area (Å²) in [5.74, 6) is 0.340. The average molecular weight is 401 g/mol. The molecule has 146 valence electrons. The number of halogens is 1. The van der Waals surface area contributed by atoms with Crippen molar-refractivity contribution in [2.24, 2.45) is 0 Å². The number of nitrogens with zero attached hydrogens (tertiary/aromatic N) is 2. The first kappa shape index (κ1) is 18.8. The SMILES string of the molecule is COCCN1C(=O)C2CC(CN2C(=O)c2ccc(Cl)cc2)Oc2ccccc21. The molecule has 2 amide bonds. The van der Waals surface area contributed by atoms with Gasteiger partial charge in [0.2, 0.25) is 5.91 Å². The fourth-order valence-corrected chi connectivity index (χ4v) is 3.90. The maximum atomic E-state index is 13.4. The van der Waals surface area contributed by atoms with Crippen LogP contribution >= 0.6 is 11.6 Å². The van der Waals surface area contributed by atoms with E-state index < -0.39 is 6.04 Å². The van der Waals surface area contributed by atoms with Crippen LogP contribution in [0.15, 0.2) is 48.5 Å². The molecule has 2 atom stereocenters. The minimum absolute atomic E-state index is 0.113. The molecule has 1 saturated heterocycles. The van der Waals surface area contributed by atoms with E-state index in [1.807, 2.05) is 24.3 Å². The predicted molar refractivity (Wildman–Crippen MR) is 106 cm³/mol. The molecule has 0 radical (unpaired) electrons. The average Bonchev–Trinajstić information content (AvgIpc) is 3.13. The number of carbonyl (C=O) groups is 2. The Morgan fingerprint density at radius 2 is 1.96 bits per heavy atom. The molecule has 2 unspecified atom stereocenters. The number of hydrogen-bond acceptors (Lipinski definition) is 4. The van der Waals surface area contributed by atoms with Crippen LogP contribution in [0.5, 0.6) is 5.75 Å². The zero-order chi connectivity index (χ0) is 19.7. The van der Waals surface area contributed by atoms with Crippen LogP contribution in [0.1, 0.15) is 16.8 Å². The van der Waals surface area contributed by atoms with E-state index in [-0.39, 0.29) is 17.9 Å². The molecule has 0 aliphatic carbocycles. The van der Waals surface area contributed by atoms with Crippen molar-refractivity contribution in [2.75, 3.05) is 31.7 Å². The van der Waals surface area contributed by atoms with E-state index in [2.05, 4.69) is 0 Å². The highest BCUT2D eigenvalue weighted by Gasteiger charge is 2.45. The highest BCUT2D eigenvalue weighted by Crippen LogP contribution is 2.36. The van der Waals surface area contributed by atoms with Gasteiger partial charge in [-0.2, -0.15) is 0 Å². The maximum Gasteiger partial charge on any atom is 0.254 e. The number of methoxy groups -OCH3 is 1. The van der Waals surface area contributed by atoms with Crippen LogP contribution in [-0.4, -0.2) is 55.7 Å². The molecule has 2 heterocycles. The van der Waals surface area contributed by atoms with Gasteiger partial charge in [-0.15, -0.1) is 0 Å². The van der Waals surface area contributed by atoms with E-state index >= 15 is 0 Å². The minimum Gasteiger partial charge on any atom is -0.486 e. The van der Waals surface area contributed by atoms with Gasteiger partial charge in [0.05, 0.1) is 18.8 Å². The summed E-state index contributed by atoms with van der Waals surface area (Å²) in [6.45, 7) is 1.14. The molecule has 2 bridgehead atoms. The van der Waals surface area contributed by atoms with Gasteiger partial charge in [0.1, 0.15) is 17.9 Å². The molecule has 0 aromatic heterocycles. The lowest BCUT2D eigenvalue weighted by molar-refractivity contribution is -0.122. The van der Waals surface area contributed by atoms with Crippen molar-refractivity contribution >= 4 is 29.1 Å². The van der Waals surface area contributed by atoms with E-state index in [9.17, 15) is 9.59 Å². The summed E-state index contributed by atoms with van der Waals surface area (Å²) < 4.78 is 11.4. The van der Waals surface area contributed by atoms with Gasteiger partial charge in [-0.25, -0.2) is 0 Å². The summed E-state index contributed by atoms with van der Waals surface area (Å²) >= 11 is 5.93. The molecule has 1 fully saturated rings. The van der Waals surface area contributed by atoms with Crippen LogP contribution in [0, 0.1) is 0 Å². The molecule has 2 aliphatic rings. The Morgan fingerprint density at radius 1 is 1.21 bits per heavy atom. The van der Waals surface area contributed by atoms with Gasteiger partial charge < -0.3 is 19.3 Å². The van der Waals surface area contributed by atoms with Gasteiger partial charge in [-0.05, 0) is 36.4 Å². The number of anilines is 1. The lowest BCUT2D eigenvalue weighted by Crippen LogP contribution is -2.49. The van der Waals surface area contributed by atoms with E-state index in [0.717, 1.165) is 0 Å². The first-order valence-corrected chi connectivity index (χ1v) is 9.59. The number of likely N-dealkylation sites (tertiary alicyclic amines) is 1. The van der Waals surface area contributed by atoms with Crippen molar-refractivity contribution in [3.05, 3.63) is 59.1 Å². The second kappa shape index (κ2) is 7.81. The predicted octanol–water partition coefficient (Wildman–Crippen LogP) is 3.00. The molecule has 2 aromatic rings. The summed E-state index contributed by atoms with van der Waals surface area (Å²) in [7, 11) is 1.60. The number of amides is 2. The van der Waals surface area contributed by atoms with Crippen LogP contribution in [0.4, 0.5) is 5.69 Å². The molecule has 0 saturated carbocycles. The lowest BCUT2D eigenvalue weighted by Gasteiger charge is -2.31. The smallest absolute Gasteiger partial charge is 0.254 e. The monoisotopic (exact) mass is 400 g/mol. The van der Waals surface area contributed by atoms with Crippen molar-refractivity contribution in [1.29, 1.82) is 0 Å². The van der Waals surface area contributed by atoms with Crippen LogP contribution < -0.4 is 9.64 Å². The Kier molecular flexibility index (Phi) is 5.24. The first-order valence-electron chi connectivity index (χ1n) is 9.21. The van der Waals surface area contributed by atoms with E-state index in [4.69, 9.17) is 21.1 Å². The number of ether oxygens (including phenoxy) is 2. The Morgan fingerprint density at radius 3 is 2.71 bits per heavy atom. The van der Waals surface area contributed by atoms with Crippen molar-refractivity contribution in [1.82, 2.24) is 4.90 Å². The Hall–Kier alpha value is -2.57. The van der Waals surface area contributed by atoms with Crippen LogP contribution in [0.2, 0.25) is 5.02 Å². The van der Waals surface area contributed by atoms with Crippen molar-refractivity contribution in [3.63, 3.8) is 0 Å². The fraction of sp³-hybridized carbons (Fsp3) is 0.333. The number of para-hydroxylation sites is 2. The van der Waals surface area contributed by atoms with E-state index in [1.54, 1.807) is 41.2 Å². The maximum absolute atomic E-state index is 13.4. The highest BCUT2D eigenvalue weighted by atomic mass is 35.5. The molecule has 0 spiro atoms. The molecule has 0 N–H and O–H groups in total. The number of rotatable bonds is 4. The summed E-state index contributed by atoms with van der Waals surface area (Å²) in [5.41, 5.74) is 1.21. The normalized spacial score (nSPS) is 21.0. The molecule has 2 aliphatic heterocycles. The zero-order valence-corrected chi connectivity index (χ0v) is 16.3. The van der Waals surface area contributed by atoms with Crippen molar-refractivity contribution in [3.8, 4) is 5.75 Å². The molecular formula is C21H21ClN2O4. The van der Waals surface area contributed by atoms with Crippen LogP contribution in [-0.2, 0) is 9.53 Å². The Bertz CT molecular complexity index is 886. The molecule has 4 rings (SSSR count). The van der Waals surface area contributed by atoms with Gasteiger partial charge in [0.25, 0.3) is 5.91 Å². The Labute approximate surface area is 168 Å². The molecular weight excluding hydrogens is 380 g/mol. The van der Waals surface area contributed by atoms with Gasteiger partial charge in [-0.3, -0.25) is 9.59 Å². The van der Waals surface area contributed by atoms with Gasteiger partial charge >= 0.3 is 0 Å². The summed E-state index contributed by atoms with van der Waals surface area (Å²) in [6, 6.07) is 13.6. The lowest BCUT2D eigenvalue weighted by atomic mass is 10.1. The Balaban J connectivity index is 1.68. The largest absolute Gasteiger partial charge is 0.486 e. The molecule has 2 aromatic carbocycles. The van der Waals surface area contributed by atoms with E-state index in [0.29, 0.717) is 48.1 Å². The van der Waals surface area contributed by atoms with Crippen LogP contribution in [0.3, 0.4) is 0 Å². The molecule has 28 heavy (non-hydrogen) atoms. The standard InChI is InChI=1S/C21H21ClN2O4/c1-27-11-10-23-17-4-2-3-5-19(17)28-16-12-18(21(23)26)24(13-16)20(25)14-6-8-15(22)9-7-14/h2-9,16,18H,10-13H2,1H3. The second-order valence-electron chi connectivity index (χ2n) is 6.91. The highest BCUT2D eigenvalue weighted by molar-refractivity contribution is 6.30. The third-order valence-corrected chi connectivity index (χ3v) is 5.39.